The fraction of sp³-hybridized carbons (Fsp3) is 0.940. The molecule has 1 saturated heterocycles. The Labute approximate surface area is 390 Å². The molecular formula is C50H97NO12S. The Morgan fingerprint density at radius 2 is 1.00 bits per heavy atom. The monoisotopic (exact) mass is 936 g/mol. The number of aliphatic hydroxyl groups excluding tert-OH is 5. The van der Waals surface area contributed by atoms with Gasteiger partial charge in [-0.3, -0.25) is 9.35 Å². The van der Waals surface area contributed by atoms with E-state index < -0.39 is 78.5 Å². The summed E-state index contributed by atoms with van der Waals surface area (Å²) in [4.78, 5) is 13.2. The first-order valence-corrected chi connectivity index (χ1v) is 27.5. The van der Waals surface area contributed by atoms with Crippen molar-refractivity contribution in [3.05, 3.63) is 12.2 Å². The second-order valence-corrected chi connectivity index (χ2v) is 19.7. The van der Waals surface area contributed by atoms with E-state index in [0.29, 0.717) is 19.3 Å². The third-order valence-corrected chi connectivity index (χ3v) is 13.1. The van der Waals surface area contributed by atoms with Gasteiger partial charge in [0.1, 0.15) is 30.5 Å². The van der Waals surface area contributed by atoms with Gasteiger partial charge in [-0.1, -0.05) is 212 Å². The Morgan fingerprint density at radius 3 is 1.41 bits per heavy atom. The van der Waals surface area contributed by atoms with Crippen LogP contribution >= 0.6 is 0 Å². The molecule has 0 aromatic heterocycles. The minimum absolute atomic E-state index is 0.255. The first-order chi connectivity index (χ1) is 30.9. The Bertz CT molecular complexity index is 1210. The van der Waals surface area contributed by atoms with Crippen molar-refractivity contribution < 1.29 is 57.0 Å². The maximum Gasteiger partial charge on any atom is 0.397 e. The van der Waals surface area contributed by atoms with Crippen LogP contribution in [0.2, 0.25) is 0 Å². The molecule has 0 saturated carbocycles. The van der Waals surface area contributed by atoms with Gasteiger partial charge < -0.3 is 40.3 Å². The Balaban J connectivity index is 2.49. The number of allylic oxidation sites excluding steroid dienone is 2. The van der Waals surface area contributed by atoms with Crippen LogP contribution in [0.1, 0.15) is 239 Å². The van der Waals surface area contributed by atoms with Crippen molar-refractivity contribution in [2.75, 3.05) is 13.2 Å². The number of hydrogen-bond acceptors (Lipinski definition) is 11. The van der Waals surface area contributed by atoms with Crippen LogP contribution in [0.3, 0.4) is 0 Å². The van der Waals surface area contributed by atoms with Gasteiger partial charge in [0.05, 0.1) is 25.4 Å². The lowest BCUT2D eigenvalue weighted by Crippen LogP contribution is -2.61. The normalized spacial score (nSPS) is 20.8. The molecular weight excluding hydrogens is 839 g/mol. The van der Waals surface area contributed by atoms with Crippen LogP contribution < -0.4 is 5.32 Å². The number of amides is 1. The quantitative estimate of drug-likeness (QED) is 0.0173. The molecule has 1 fully saturated rings. The minimum Gasteiger partial charge on any atom is -0.394 e. The molecule has 0 spiro atoms. The lowest BCUT2D eigenvalue weighted by molar-refractivity contribution is -0.298. The van der Waals surface area contributed by atoms with Gasteiger partial charge in [0.15, 0.2) is 6.29 Å². The fourth-order valence-corrected chi connectivity index (χ4v) is 9.03. The van der Waals surface area contributed by atoms with Crippen LogP contribution in [0.25, 0.3) is 0 Å². The second kappa shape index (κ2) is 40.8. The number of carbonyl (C=O) groups excluding carboxylic acids is 1. The average Bonchev–Trinajstić information content (AvgIpc) is 3.27. The van der Waals surface area contributed by atoms with Crippen LogP contribution in [0, 0.1) is 0 Å². The molecule has 14 heteroatoms. The lowest BCUT2D eigenvalue weighted by atomic mass is 9.99. The Kier molecular flexibility index (Phi) is 38.8. The minimum atomic E-state index is -5.11. The summed E-state index contributed by atoms with van der Waals surface area (Å²) in [6, 6.07) is -1.03. The van der Waals surface area contributed by atoms with Crippen LogP contribution in [0.5, 0.6) is 0 Å². The molecule has 0 aromatic rings. The van der Waals surface area contributed by atoms with Crippen LogP contribution in [0.4, 0.5) is 0 Å². The van der Waals surface area contributed by atoms with Crippen molar-refractivity contribution in [3.8, 4) is 0 Å². The molecule has 1 aliphatic rings. The summed E-state index contributed by atoms with van der Waals surface area (Å²) in [5.41, 5.74) is 0. The molecule has 1 amide bonds. The third-order valence-electron chi connectivity index (χ3n) is 12.7. The summed E-state index contributed by atoms with van der Waals surface area (Å²) in [5, 5.41) is 55.5. The van der Waals surface area contributed by atoms with Gasteiger partial charge >= 0.3 is 10.4 Å². The molecule has 1 rings (SSSR count). The summed E-state index contributed by atoms with van der Waals surface area (Å²) in [6.07, 6.45) is 33.8. The van der Waals surface area contributed by atoms with Crippen LogP contribution in [-0.4, -0.2) is 107 Å². The Morgan fingerprint density at radius 1 is 0.609 bits per heavy atom. The maximum absolute atomic E-state index is 13.2. The van der Waals surface area contributed by atoms with Crippen molar-refractivity contribution in [1.29, 1.82) is 0 Å². The first-order valence-electron chi connectivity index (χ1n) is 26.2. The average molecular weight is 936 g/mol. The maximum atomic E-state index is 13.2. The molecule has 380 valence electrons. The van der Waals surface area contributed by atoms with Gasteiger partial charge in [0.2, 0.25) is 5.91 Å². The van der Waals surface area contributed by atoms with Crippen molar-refractivity contribution in [3.63, 3.8) is 0 Å². The first kappa shape index (κ1) is 60.8. The summed E-state index contributed by atoms with van der Waals surface area (Å²) in [6.45, 7) is 3.30. The van der Waals surface area contributed by atoms with Crippen molar-refractivity contribution in [2.45, 2.75) is 288 Å². The summed E-state index contributed by atoms with van der Waals surface area (Å²) in [5.74, 6) is -0.671. The summed E-state index contributed by atoms with van der Waals surface area (Å²) < 4.78 is 47.7. The number of unbranched alkanes of at least 4 members (excludes halogenated alkanes) is 30. The van der Waals surface area contributed by atoms with Gasteiger partial charge in [-0.2, -0.15) is 8.42 Å². The number of rotatable bonds is 45. The van der Waals surface area contributed by atoms with Crippen LogP contribution in [0.15, 0.2) is 12.2 Å². The molecule has 8 atom stereocenters. The summed E-state index contributed by atoms with van der Waals surface area (Å²) in [7, 11) is -5.11. The third kappa shape index (κ3) is 32.5. The largest absolute Gasteiger partial charge is 0.397 e. The van der Waals surface area contributed by atoms with E-state index in [2.05, 4.69) is 35.5 Å². The van der Waals surface area contributed by atoms with Gasteiger partial charge in [0, 0.05) is 0 Å². The molecule has 1 heterocycles. The van der Waals surface area contributed by atoms with Crippen molar-refractivity contribution in [1.82, 2.24) is 5.32 Å². The molecule has 0 radical (unpaired) electrons. The molecule has 0 bridgehead atoms. The van der Waals surface area contributed by atoms with Crippen molar-refractivity contribution >= 4 is 16.3 Å². The highest BCUT2D eigenvalue weighted by atomic mass is 32.3. The van der Waals surface area contributed by atoms with E-state index in [1.54, 1.807) is 0 Å². The predicted molar refractivity (Wildman–Crippen MR) is 256 cm³/mol. The lowest BCUT2D eigenvalue weighted by Gasteiger charge is -2.41. The molecule has 1 aliphatic heterocycles. The zero-order valence-corrected chi connectivity index (χ0v) is 41.3. The van der Waals surface area contributed by atoms with Gasteiger partial charge in [-0.25, -0.2) is 4.18 Å². The Hall–Kier alpha value is -1.20. The van der Waals surface area contributed by atoms with E-state index in [1.807, 2.05) is 0 Å². The number of ether oxygens (including phenoxy) is 2. The van der Waals surface area contributed by atoms with E-state index >= 15 is 0 Å². The standard InChI is InChI=1S/C50H97NO12S/c1-3-5-7-9-11-13-15-17-19-21-22-23-25-26-28-30-32-34-36-38-43(53)42(41-61-50-47(56)48(63-64(58,59)60)46(55)45(40-52)62-50)51-49(57)44(54)39-37-35-33-31-29-27-24-20-18-16-14-12-10-8-6-4-2/h18,20,42-48,50,52-56H,3-17,19,21-41H2,1-2H3,(H,51,57)(H,58,59,60)/b20-18-. The highest BCUT2D eigenvalue weighted by molar-refractivity contribution is 7.80. The SMILES string of the molecule is CCCCCCCC/C=C\CCCCCCCCC(O)C(=O)NC(COC1OC(CO)C(O)C(OS(=O)(=O)O)C1O)C(O)CCCCCCCCCCCCCCCCCCCCC. The molecule has 7 N–H and O–H groups in total. The van der Waals surface area contributed by atoms with E-state index in [0.717, 1.165) is 64.2 Å². The molecule has 0 aromatic carbocycles. The molecule has 0 aliphatic carbocycles. The van der Waals surface area contributed by atoms with E-state index in [4.69, 9.17) is 9.47 Å². The highest BCUT2D eigenvalue weighted by Crippen LogP contribution is 2.26. The van der Waals surface area contributed by atoms with E-state index in [-0.39, 0.29) is 6.42 Å². The highest BCUT2D eigenvalue weighted by Gasteiger charge is 2.48. The molecule has 13 nitrogen and oxygen atoms in total. The van der Waals surface area contributed by atoms with Gasteiger partial charge in [0.25, 0.3) is 0 Å². The van der Waals surface area contributed by atoms with E-state index in [9.17, 15) is 43.3 Å². The van der Waals surface area contributed by atoms with Gasteiger partial charge in [-0.15, -0.1) is 0 Å². The second-order valence-electron chi connectivity index (χ2n) is 18.6. The topological polar surface area (TPSA) is 212 Å². The van der Waals surface area contributed by atoms with E-state index in [1.165, 1.54) is 135 Å². The zero-order valence-electron chi connectivity index (χ0n) is 40.5. The predicted octanol–water partition coefficient (Wildman–Crippen LogP) is 10.1. The smallest absolute Gasteiger partial charge is 0.394 e. The fourth-order valence-electron chi connectivity index (χ4n) is 8.52. The zero-order chi connectivity index (χ0) is 47.1. The molecule has 64 heavy (non-hydrogen) atoms. The van der Waals surface area contributed by atoms with Crippen LogP contribution in [-0.2, 0) is 28.9 Å². The van der Waals surface area contributed by atoms with Gasteiger partial charge in [-0.05, 0) is 38.5 Å². The molecule has 8 unspecified atom stereocenters. The van der Waals surface area contributed by atoms with Crippen molar-refractivity contribution in [2.24, 2.45) is 0 Å². The number of nitrogens with one attached hydrogen (secondary N) is 1. The summed E-state index contributed by atoms with van der Waals surface area (Å²) >= 11 is 0. The number of hydrogen-bond donors (Lipinski definition) is 7. The number of carbonyl (C=O) groups is 1. The number of aliphatic hydroxyl groups is 5.